The van der Waals surface area contributed by atoms with Gasteiger partial charge in [0.2, 0.25) is 5.91 Å². The molecule has 0 spiro atoms. The summed E-state index contributed by atoms with van der Waals surface area (Å²) >= 11 is 0. The molecule has 8 nitrogen and oxygen atoms in total. The Morgan fingerprint density at radius 2 is 1.75 bits per heavy atom. The number of carbonyl (C=O) groups is 2. The minimum Gasteiger partial charge on any atom is -0.497 e. The van der Waals surface area contributed by atoms with Crippen molar-refractivity contribution in [2.75, 3.05) is 12.4 Å². The molecular weight excluding hydrogens is 406 g/mol. The topological polar surface area (TPSA) is 109 Å². The predicted octanol–water partition coefficient (Wildman–Crippen LogP) is 3.39. The summed E-state index contributed by atoms with van der Waals surface area (Å²) in [5.74, 6) is 0.448. The van der Waals surface area contributed by atoms with Gasteiger partial charge in [-0.05, 0) is 48.4 Å². The number of pyridine rings is 1. The number of ether oxygens (including phenoxy) is 1. The molecule has 0 saturated heterocycles. The Balaban J connectivity index is 1.31. The van der Waals surface area contributed by atoms with E-state index in [2.05, 4.69) is 25.8 Å². The minimum absolute atomic E-state index is 0.0746. The average molecular weight is 429 g/mol. The lowest BCUT2D eigenvalue weighted by Crippen LogP contribution is -2.24. The van der Waals surface area contributed by atoms with E-state index in [-0.39, 0.29) is 11.8 Å². The van der Waals surface area contributed by atoms with Crippen LogP contribution in [-0.2, 0) is 17.8 Å². The fourth-order valence-corrected chi connectivity index (χ4v) is 3.26. The number of rotatable bonds is 7. The summed E-state index contributed by atoms with van der Waals surface area (Å²) in [6, 6.07) is 16.3. The zero-order valence-electron chi connectivity index (χ0n) is 17.8. The Morgan fingerprint density at radius 1 is 1.03 bits per heavy atom. The van der Waals surface area contributed by atoms with Crippen LogP contribution in [0.15, 0.2) is 60.8 Å². The highest BCUT2D eigenvalue weighted by atomic mass is 16.5. The van der Waals surface area contributed by atoms with Crippen molar-refractivity contribution in [1.29, 1.82) is 0 Å². The molecule has 2 amide bonds. The van der Waals surface area contributed by atoms with Crippen LogP contribution in [-0.4, -0.2) is 34.1 Å². The molecular formula is C24H23N5O3. The second-order valence-electron chi connectivity index (χ2n) is 7.40. The third-order valence-electron chi connectivity index (χ3n) is 5.09. The molecule has 4 rings (SSSR count). The first-order valence-electron chi connectivity index (χ1n) is 10.1. The number of aryl methyl sites for hydroxylation is 1. The first kappa shape index (κ1) is 21.0. The van der Waals surface area contributed by atoms with Crippen molar-refractivity contribution in [3.8, 4) is 5.75 Å². The number of aromatic nitrogens is 3. The molecule has 0 aliphatic rings. The summed E-state index contributed by atoms with van der Waals surface area (Å²) in [5, 5.41) is 13.6. The lowest BCUT2D eigenvalue weighted by Gasteiger charge is -2.08. The molecule has 0 saturated carbocycles. The van der Waals surface area contributed by atoms with Gasteiger partial charge in [-0.15, -0.1) is 0 Å². The number of fused-ring (bicyclic) bond motifs is 1. The monoisotopic (exact) mass is 429 g/mol. The standard InChI is InChI=1S/C24H23N5O3/c1-15-21-12-19(14-26-23(21)29-28-15)27-24(31)18-7-3-17(4-8-18)13-25-22(30)11-16-5-9-20(32-2)10-6-16/h3-10,12,14H,11,13H2,1-2H3,(H,25,30)(H,27,31)(H,26,28,29). The summed E-state index contributed by atoms with van der Waals surface area (Å²) in [7, 11) is 1.61. The fourth-order valence-electron chi connectivity index (χ4n) is 3.26. The van der Waals surface area contributed by atoms with Gasteiger partial charge in [0, 0.05) is 23.2 Å². The summed E-state index contributed by atoms with van der Waals surface area (Å²) in [6.45, 7) is 2.29. The maximum atomic E-state index is 12.6. The van der Waals surface area contributed by atoms with E-state index >= 15 is 0 Å². The molecule has 162 valence electrons. The van der Waals surface area contributed by atoms with Crippen molar-refractivity contribution in [3.05, 3.63) is 83.2 Å². The van der Waals surface area contributed by atoms with Crippen LogP contribution in [0.25, 0.3) is 11.0 Å². The van der Waals surface area contributed by atoms with Gasteiger partial charge in [-0.2, -0.15) is 5.10 Å². The number of nitrogens with one attached hydrogen (secondary N) is 3. The molecule has 0 radical (unpaired) electrons. The van der Waals surface area contributed by atoms with Gasteiger partial charge < -0.3 is 15.4 Å². The SMILES string of the molecule is COc1ccc(CC(=O)NCc2ccc(C(=O)Nc3cnc4n[nH]c(C)c4c3)cc2)cc1. The van der Waals surface area contributed by atoms with Gasteiger partial charge in [0.25, 0.3) is 5.91 Å². The van der Waals surface area contributed by atoms with Crippen molar-refractivity contribution in [2.24, 2.45) is 0 Å². The van der Waals surface area contributed by atoms with E-state index < -0.39 is 0 Å². The van der Waals surface area contributed by atoms with Gasteiger partial charge in [-0.1, -0.05) is 24.3 Å². The normalized spacial score (nSPS) is 10.7. The van der Waals surface area contributed by atoms with Gasteiger partial charge in [0.1, 0.15) is 5.75 Å². The summed E-state index contributed by atoms with van der Waals surface area (Å²) < 4.78 is 5.12. The first-order chi connectivity index (χ1) is 15.5. The highest BCUT2D eigenvalue weighted by molar-refractivity contribution is 6.04. The number of benzene rings is 2. The maximum Gasteiger partial charge on any atom is 0.255 e. The molecule has 0 aliphatic carbocycles. The summed E-state index contributed by atoms with van der Waals surface area (Å²) in [4.78, 5) is 29.0. The second kappa shape index (κ2) is 9.30. The molecule has 2 aromatic heterocycles. The number of aromatic amines is 1. The fraction of sp³-hybridized carbons (Fsp3) is 0.167. The van der Waals surface area contributed by atoms with Crippen molar-refractivity contribution in [3.63, 3.8) is 0 Å². The van der Waals surface area contributed by atoms with E-state index in [0.29, 0.717) is 29.9 Å². The van der Waals surface area contributed by atoms with Crippen LogP contribution in [0.5, 0.6) is 5.75 Å². The molecule has 4 aromatic rings. The van der Waals surface area contributed by atoms with Gasteiger partial charge in [0.05, 0.1) is 25.4 Å². The Morgan fingerprint density at radius 3 is 2.47 bits per heavy atom. The van der Waals surface area contributed by atoms with Crippen LogP contribution < -0.4 is 15.4 Å². The highest BCUT2D eigenvalue weighted by Gasteiger charge is 2.10. The van der Waals surface area contributed by atoms with Crippen LogP contribution in [0, 0.1) is 6.92 Å². The number of anilines is 1. The van der Waals surface area contributed by atoms with E-state index in [1.54, 1.807) is 25.4 Å². The Kier molecular flexibility index (Phi) is 6.12. The Bertz CT molecular complexity index is 1250. The molecule has 32 heavy (non-hydrogen) atoms. The lowest BCUT2D eigenvalue weighted by molar-refractivity contribution is -0.120. The summed E-state index contributed by atoms with van der Waals surface area (Å²) in [5.41, 5.74) is 4.43. The number of methoxy groups -OCH3 is 1. The van der Waals surface area contributed by atoms with Gasteiger partial charge in [-0.25, -0.2) is 4.98 Å². The number of amides is 2. The van der Waals surface area contributed by atoms with E-state index in [1.807, 2.05) is 49.4 Å². The molecule has 8 heteroatoms. The predicted molar refractivity (Wildman–Crippen MR) is 122 cm³/mol. The number of hydrogen-bond acceptors (Lipinski definition) is 5. The lowest BCUT2D eigenvalue weighted by atomic mass is 10.1. The van der Waals surface area contributed by atoms with Crippen molar-refractivity contribution >= 4 is 28.5 Å². The number of nitrogens with zero attached hydrogens (tertiary/aromatic N) is 2. The smallest absolute Gasteiger partial charge is 0.255 e. The second-order valence-corrected chi connectivity index (χ2v) is 7.40. The van der Waals surface area contributed by atoms with Gasteiger partial charge in [-0.3, -0.25) is 14.7 Å². The molecule has 2 aromatic carbocycles. The van der Waals surface area contributed by atoms with Crippen LogP contribution >= 0.6 is 0 Å². The van der Waals surface area contributed by atoms with E-state index in [0.717, 1.165) is 28.0 Å². The highest BCUT2D eigenvalue weighted by Crippen LogP contribution is 2.18. The zero-order valence-corrected chi connectivity index (χ0v) is 17.8. The number of H-pyrrole nitrogens is 1. The maximum absolute atomic E-state index is 12.6. The third-order valence-corrected chi connectivity index (χ3v) is 5.09. The third kappa shape index (κ3) is 4.92. The first-order valence-corrected chi connectivity index (χ1v) is 10.1. The van der Waals surface area contributed by atoms with Gasteiger partial charge >= 0.3 is 0 Å². The average Bonchev–Trinajstić information content (AvgIpc) is 3.18. The van der Waals surface area contributed by atoms with Crippen LogP contribution in [0.4, 0.5) is 5.69 Å². The molecule has 0 bridgehead atoms. The Labute approximate surface area is 185 Å². The van der Waals surface area contributed by atoms with Crippen molar-refractivity contribution in [1.82, 2.24) is 20.5 Å². The molecule has 3 N–H and O–H groups in total. The van der Waals surface area contributed by atoms with Crippen molar-refractivity contribution < 1.29 is 14.3 Å². The Hall–Kier alpha value is -4.20. The summed E-state index contributed by atoms with van der Waals surface area (Å²) in [6.07, 6.45) is 1.87. The number of carbonyl (C=O) groups excluding carboxylic acids is 2. The van der Waals surface area contributed by atoms with E-state index in [4.69, 9.17) is 4.74 Å². The molecule has 2 heterocycles. The van der Waals surface area contributed by atoms with E-state index in [9.17, 15) is 9.59 Å². The molecule has 0 unspecified atom stereocenters. The van der Waals surface area contributed by atoms with Crippen molar-refractivity contribution in [2.45, 2.75) is 19.9 Å². The molecule has 0 aliphatic heterocycles. The quantitative estimate of drug-likeness (QED) is 0.417. The van der Waals surface area contributed by atoms with Crippen LogP contribution in [0.3, 0.4) is 0 Å². The largest absolute Gasteiger partial charge is 0.497 e. The molecule has 0 fully saturated rings. The van der Waals surface area contributed by atoms with E-state index in [1.165, 1.54) is 0 Å². The zero-order chi connectivity index (χ0) is 22.5. The minimum atomic E-state index is -0.234. The van der Waals surface area contributed by atoms with Gasteiger partial charge in [0.15, 0.2) is 5.65 Å². The van der Waals surface area contributed by atoms with Crippen LogP contribution in [0.1, 0.15) is 27.2 Å². The van der Waals surface area contributed by atoms with Crippen LogP contribution in [0.2, 0.25) is 0 Å². The number of hydrogen-bond donors (Lipinski definition) is 3. The molecule has 0 atom stereocenters.